The van der Waals surface area contributed by atoms with Crippen molar-refractivity contribution >= 4 is 45.7 Å². The fourth-order valence-electron chi connectivity index (χ4n) is 12.4. The third kappa shape index (κ3) is 5.57. The van der Waals surface area contributed by atoms with E-state index in [0.29, 0.717) is 5.92 Å². The zero-order valence-corrected chi connectivity index (χ0v) is 37.8. The minimum Gasteiger partial charge on any atom is -0.310 e. The lowest BCUT2D eigenvalue weighted by Gasteiger charge is -2.33. The highest BCUT2D eigenvalue weighted by Gasteiger charge is 2.42. The van der Waals surface area contributed by atoms with Gasteiger partial charge >= 0.3 is 0 Å². The van der Waals surface area contributed by atoms with Gasteiger partial charge in [-0.05, 0) is 123 Å². The summed E-state index contributed by atoms with van der Waals surface area (Å²) in [7, 11) is 0. The largest absolute Gasteiger partial charge is 0.310 e. The van der Waals surface area contributed by atoms with Crippen LogP contribution in [-0.2, 0) is 16.2 Å². The number of anilines is 3. The van der Waals surface area contributed by atoms with Crippen LogP contribution >= 0.6 is 0 Å². The van der Waals surface area contributed by atoms with Gasteiger partial charge in [-0.15, -0.1) is 0 Å². The number of para-hydroxylation sites is 3. The molecule has 1 aromatic heterocycles. The Morgan fingerprint density at radius 1 is 0.578 bits per heavy atom. The average Bonchev–Trinajstić information content (AvgIpc) is 3.86. The second-order valence-electron chi connectivity index (χ2n) is 20.0. The Hall–Kier alpha value is -6.90. The minimum atomic E-state index is -0.183. The molecule has 1 heterocycles. The molecule has 64 heavy (non-hydrogen) atoms. The maximum Gasteiger partial charge on any atom is 0.0540 e. The van der Waals surface area contributed by atoms with Gasteiger partial charge in [-0.1, -0.05) is 181 Å². The van der Waals surface area contributed by atoms with Crippen molar-refractivity contribution in [1.29, 1.82) is 0 Å². The first-order valence-electron chi connectivity index (χ1n) is 23.2. The molecule has 4 aliphatic rings. The molecule has 0 amide bonds. The predicted octanol–water partition coefficient (Wildman–Crippen LogP) is 14.6. The molecule has 2 atom stereocenters. The van der Waals surface area contributed by atoms with Crippen molar-refractivity contribution in [1.82, 2.24) is 4.57 Å². The Morgan fingerprint density at radius 3 is 2.08 bits per heavy atom. The maximum atomic E-state index is 2.54. The highest BCUT2D eigenvalue weighted by atomic mass is 15.1. The van der Waals surface area contributed by atoms with Gasteiger partial charge in [0.25, 0.3) is 0 Å². The predicted molar refractivity (Wildman–Crippen MR) is 270 cm³/mol. The van der Waals surface area contributed by atoms with Gasteiger partial charge in [0.05, 0.1) is 11.2 Å². The molecule has 8 aromatic rings. The molecule has 2 unspecified atom stereocenters. The van der Waals surface area contributed by atoms with Gasteiger partial charge in [-0.2, -0.15) is 0 Å². The molecule has 0 spiro atoms. The van der Waals surface area contributed by atoms with Gasteiger partial charge in [0.15, 0.2) is 0 Å². The number of allylic oxidation sites excluding steroid dienone is 4. The van der Waals surface area contributed by atoms with Crippen molar-refractivity contribution < 1.29 is 0 Å². The number of hydrogen-bond donors (Lipinski definition) is 0. The summed E-state index contributed by atoms with van der Waals surface area (Å²) < 4.78 is 2.43. The fourth-order valence-corrected chi connectivity index (χ4v) is 12.4. The second kappa shape index (κ2) is 14.1. The van der Waals surface area contributed by atoms with Crippen molar-refractivity contribution in [3.05, 3.63) is 220 Å². The molecular weight excluding hydrogens is 773 g/mol. The Bertz CT molecular complexity index is 3410. The molecule has 2 nitrogen and oxygen atoms in total. The molecule has 0 aliphatic heterocycles. The number of aromatic nitrogens is 1. The molecule has 0 N–H and O–H groups in total. The van der Waals surface area contributed by atoms with Crippen LogP contribution in [0.4, 0.5) is 17.1 Å². The van der Waals surface area contributed by atoms with E-state index < -0.39 is 0 Å². The van der Waals surface area contributed by atoms with E-state index in [1.807, 2.05) is 0 Å². The van der Waals surface area contributed by atoms with E-state index in [-0.39, 0.29) is 16.2 Å². The summed E-state index contributed by atoms with van der Waals surface area (Å²) in [5.74, 6) is 0.509. The van der Waals surface area contributed by atoms with E-state index in [2.05, 4.69) is 239 Å². The number of hydrogen-bond acceptors (Lipinski definition) is 1. The summed E-state index contributed by atoms with van der Waals surface area (Å²) in [4.78, 5) is 2.53. The van der Waals surface area contributed by atoms with Gasteiger partial charge in [0.1, 0.15) is 0 Å². The van der Waals surface area contributed by atoms with Crippen molar-refractivity contribution in [2.24, 2.45) is 5.92 Å². The van der Waals surface area contributed by atoms with E-state index >= 15 is 0 Å². The lowest BCUT2D eigenvalue weighted by atomic mass is 9.72. The Balaban J connectivity index is 1.02. The Morgan fingerprint density at radius 2 is 1.25 bits per heavy atom. The molecule has 7 aromatic carbocycles. The molecule has 0 radical (unpaired) electrons. The monoisotopic (exact) mass is 826 g/mol. The van der Waals surface area contributed by atoms with E-state index in [4.69, 9.17) is 0 Å². The smallest absolute Gasteiger partial charge is 0.0540 e. The third-order valence-electron chi connectivity index (χ3n) is 15.4. The molecule has 0 saturated heterocycles. The molecular formula is C62H54N2. The first-order valence-corrected chi connectivity index (χ1v) is 23.2. The van der Waals surface area contributed by atoms with Gasteiger partial charge in [-0.3, -0.25) is 0 Å². The first kappa shape index (κ1) is 38.7. The van der Waals surface area contributed by atoms with Gasteiger partial charge in [0, 0.05) is 54.8 Å². The standard InChI is InChI=1S/C62H54N2/c1-40-18-16-24-50-51-26-17-25-49(59(51)61(4,5)58(40)50)47-22-11-14-28-55(47)63(44-34-35-46-45-21-10-13-27-53(45)60(2,3)54(46)38-44)43-32-30-41(31-33-43)62(6)37-36-57-52(39-62)48-23-12-15-29-56(48)64(57)42-19-8-7-9-20-42/h7-17,19-36,38-40H,18,37H2,1-6H3. The number of rotatable bonds is 6. The minimum absolute atomic E-state index is 0.0926. The van der Waals surface area contributed by atoms with Crippen LogP contribution in [0.3, 0.4) is 0 Å². The van der Waals surface area contributed by atoms with Crippen molar-refractivity contribution in [2.75, 3.05) is 4.90 Å². The lowest BCUT2D eigenvalue weighted by Crippen LogP contribution is -2.36. The van der Waals surface area contributed by atoms with Crippen LogP contribution < -0.4 is 15.5 Å². The van der Waals surface area contributed by atoms with Crippen LogP contribution in [-0.4, -0.2) is 4.57 Å². The second-order valence-corrected chi connectivity index (χ2v) is 20.0. The SMILES string of the molecule is CC1CC=CC2=C1C(C)(C)c1c2cccc1-c1ccccc1N(c1ccc(C2(C)C=c3c(n(-c4ccccc4)c4ccccc34)=CC2)cc1)c1ccc2c(c1)C(C)(C)c1ccccc1-2. The maximum absolute atomic E-state index is 2.54. The van der Waals surface area contributed by atoms with Crippen molar-refractivity contribution in [3.8, 4) is 27.9 Å². The van der Waals surface area contributed by atoms with Crippen LogP contribution in [0.15, 0.2) is 182 Å². The fraction of sp³-hybridized carbons (Fsp3) is 0.194. The van der Waals surface area contributed by atoms with Gasteiger partial charge < -0.3 is 9.47 Å². The summed E-state index contributed by atoms with van der Waals surface area (Å²) >= 11 is 0. The van der Waals surface area contributed by atoms with Crippen LogP contribution in [0.2, 0.25) is 0 Å². The highest BCUT2D eigenvalue weighted by molar-refractivity contribution is 5.96. The Kier molecular flexibility index (Phi) is 8.51. The third-order valence-corrected chi connectivity index (χ3v) is 15.4. The van der Waals surface area contributed by atoms with Crippen molar-refractivity contribution in [3.63, 3.8) is 0 Å². The zero-order chi connectivity index (χ0) is 43.5. The van der Waals surface area contributed by atoms with Crippen LogP contribution in [0.1, 0.15) is 82.2 Å². The lowest BCUT2D eigenvalue weighted by molar-refractivity contribution is 0.531. The van der Waals surface area contributed by atoms with Gasteiger partial charge in [0.2, 0.25) is 0 Å². The zero-order valence-electron chi connectivity index (χ0n) is 37.8. The summed E-state index contributed by atoms with van der Waals surface area (Å²) in [6.45, 7) is 14.5. The van der Waals surface area contributed by atoms with E-state index in [1.54, 1.807) is 5.57 Å². The number of fused-ring (bicyclic) bond motifs is 8. The summed E-state index contributed by atoms with van der Waals surface area (Å²) in [5.41, 5.74) is 20.7. The van der Waals surface area contributed by atoms with Crippen molar-refractivity contribution in [2.45, 2.75) is 70.6 Å². The highest BCUT2D eigenvalue weighted by Crippen LogP contribution is 2.56. The van der Waals surface area contributed by atoms with E-state index in [9.17, 15) is 0 Å². The summed E-state index contributed by atoms with van der Waals surface area (Å²) in [5, 5.41) is 3.89. The summed E-state index contributed by atoms with van der Waals surface area (Å²) in [6.07, 6.45) is 11.8. The number of benzene rings is 7. The number of nitrogens with zero attached hydrogens (tertiary/aromatic N) is 2. The van der Waals surface area contributed by atoms with Gasteiger partial charge in [-0.25, -0.2) is 0 Å². The molecule has 12 rings (SSSR count). The van der Waals surface area contributed by atoms with E-state index in [0.717, 1.165) is 18.5 Å². The topological polar surface area (TPSA) is 8.17 Å². The molecule has 0 bridgehead atoms. The average molecular weight is 827 g/mol. The molecule has 4 aliphatic carbocycles. The van der Waals surface area contributed by atoms with Crippen LogP contribution in [0, 0.1) is 5.92 Å². The molecule has 2 heteroatoms. The van der Waals surface area contributed by atoms with Crippen LogP contribution in [0.25, 0.3) is 56.6 Å². The summed E-state index contributed by atoms with van der Waals surface area (Å²) in [6, 6.07) is 61.4. The van der Waals surface area contributed by atoms with E-state index in [1.165, 1.54) is 94.2 Å². The normalized spacial score (nSPS) is 19.6. The Labute approximate surface area is 377 Å². The molecule has 0 saturated carbocycles. The molecule has 0 fully saturated rings. The quantitative estimate of drug-likeness (QED) is 0.162. The molecule has 312 valence electrons. The van der Waals surface area contributed by atoms with Crippen LogP contribution in [0.5, 0.6) is 0 Å². The first-order chi connectivity index (χ1) is 31.0.